The quantitative estimate of drug-likeness (QED) is 0.461. The van der Waals surface area contributed by atoms with Crippen molar-refractivity contribution >= 4 is 0 Å². The summed E-state index contributed by atoms with van der Waals surface area (Å²) < 4.78 is 0. The molecular formula is C7H11O. The molecule has 0 aliphatic heterocycles. The number of rotatable bonds is 1. The standard InChI is InChI=1S/C7H11O/c1-6-3-2-4-7(6)5-8/h2-5H2,1H3. The summed E-state index contributed by atoms with van der Waals surface area (Å²) in [5.74, 6) is 0. The summed E-state index contributed by atoms with van der Waals surface area (Å²) in [7, 11) is 0. The summed E-state index contributed by atoms with van der Waals surface area (Å²) in [6.45, 7) is 2.10. The van der Waals surface area contributed by atoms with Crippen LogP contribution in [-0.4, -0.2) is 6.61 Å². The zero-order valence-corrected chi connectivity index (χ0v) is 5.24. The molecule has 0 aromatic carbocycles. The fourth-order valence-electron chi connectivity index (χ4n) is 1.15. The van der Waals surface area contributed by atoms with Crippen molar-refractivity contribution in [2.45, 2.75) is 26.2 Å². The molecule has 0 N–H and O–H groups in total. The predicted octanol–water partition coefficient (Wildman–Crippen LogP) is 1.92. The van der Waals surface area contributed by atoms with Crippen molar-refractivity contribution in [1.82, 2.24) is 0 Å². The molecule has 0 amide bonds. The molecule has 1 rings (SSSR count). The van der Waals surface area contributed by atoms with Crippen LogP contribution < -0.4 is 0 Å². The third-order valence-corrected chi connectivity index (χ3v) is 1.81. The number of hydrogen-bond donors (Lipinski definition) is 0. The minimum absolute atomic E-state index is 0.0336. The molecule has 45 valence electrons. The molecule has 0 unspecified atom stereocenters. The van der Waals surface area contributed by atoms with E-state index in [-0.39, 0.29) is 6.61 Å². The van der Waals surface area contributed by atoms with E-state index in [9.17, 15) is 5.11 Å². The van der Waals surface area contributed by atoms with Crippen LogP contribution in [0.5, 0.6) is 0 Å². The lowest BCUT2D eigenvalue weighted by Crippen LogP contribution is -1.84. The second kappa shape index (κ2) is 2.31. The molecule has 0 aromatic heterocycles. The van der Waals surface area contributed by atoms with Crippen LogP contribution in [0, 0.1) is 0 Å². The maximum Gasteiger partial charge on any atom is 0.104 e. The summed E-state index contributed by atoms with van der Waals surface area (Å²) >= 11 is 0. The molecule has 0 saturated heterocycles. The molecule has 1 radical (unpaired) electrons. The van der Waals surface area contributed by atoms with Gasteiger partial charge in [0.05, 0.1) is 0 Å². The Morgan fingerprint density at radius 3 is 2.50 bits per heavy atom. The first-order valence-corrected chi connectivity index (χ1v) is 3.10. The molecule has 8 heavy (non-hydrogen) atoms. The van der Waals surface area contributed by atoms with Gasteiger partial charge < -0.3 is 0 Å². The van der Waals surface area contributed by atoms with Crippen molar-refractivity contribution in [1.29, 1.82) is 0 Å². The normalized spacial score (nSPS) is 20.2. The summed E-state index contributed by atoms with van der Waals surface area (Å²) in [5.41, 5.74) is 2.50. The highest BCUT2D eigenvalue weighted by Crippen LogP contribution is 2.24. The van der Waals surface area contributed by atoms with Crippen LogP contribution in [0.25, 0.3) is 0 Å². The van der Waals surface area contributed by atoms with Gasteiger partial charge >= 0.3 is 0 Å². The predicted molar refractivity (Wildman–Crippen MR) is 32.1 cm³/mol. The Hall–Kier alpha value is -0.300. The van der Waals surface area contributed by atoms with Gasteiger partial charge in [-0.25, -0.2) is 5.11 Å². The van der Waals surface area contributed by atoms with E-state index in [0.29, 0.717) is 0 Å². The number of allylic oxidation sites excluding steroid dienone is 1. The highest BCUT2D eigenvalue weighted by atomic mass is 16.3. The van der Waals surface area contributed by atoms with Crippen LogP contribution >= 0.6 is 0 Å². The van der Waals surface area contributed by atoms with Crippen LogP contribution in [0.1, 0.15) is 26.2 Å². The second-order valence-corrected chi connectivity index (χ2v) is 2.38. The Balaban J connectivity index is 2.58. The van der Waals surface area contributed by atoms with Crippen molar-refractivity contribution in [2.24, 2.45) is 0 Å². The lowest BCUT2D eigenvalue weighted by atomic mass is 10.2. The van der Waals surface area contributed by atoms with Gasteiger partial charge in [0.15, 0.2) is 0 Å². The van der Waals surface area contributed by atoms with Crippen LogP contribution in [0.2, 0.25) is 0 Å². The zero-order chi connectivity index (χ0) is 5.98. The lowest BCUT2D eigenvalue weighted by Gasteiger charge is -1.92. The minimum Gasteiger partial charge on any atom is -0.232 e. The Morgan fingerprint density at radius 1 is 1.50 bits per heavy atom. The average Bonchev–Trinajstić information content (AvgIpc) is 2.14. The van der Waals surface area contributed by atoms with Gasteiger partial charge in [-0.05, 0) is 31.8 Å². The van der Waals surface area contributed by atoms with Gasteiger partial charge in [0.25, 0.3) is 0 Å². The molecule has 0 heterocycles. The van der Waals surface area contributed by atoms with E-state index in [1.54, 1.807) is 0 Å². The first-order valence-electron chi connectivity index (χ1n) is 3.10. The SMILES string of the molecule is CC1=C(C[O])CCC1. The maximum atomic E-state index is 10.3. The topological polar surface area (TPSA) is 19.9 Å². The first kappa shape index (κ1) is 5.83. The summed E-state index contributed by atoms with van der Waals surface area (Å²) in [6, 6.07) is 0. The Labute approximate surface area is 50.0 Å². The van der Waals surface area contributed by atoms with Gasteiger partial charge in [0, 0.05) is 0 Å². The third kappa shape index (κ3) is 0.920. The van der Waals surface area contributed by atoms with E-state index in [1.165, 1.54) is 12.0 Å². The molecule has 1 nitrogen and oxygen atoms in total. The third-order valence-electron chi connectivity index (χ3n) is 1.81. The molecule has 1 aliphatic carbocycles. The Morgan fingerprint density at radius 2 is 2.25 bits per heavy atom. The van der Waals surface area contributed by atoms with E-state index in [0.717, 1.165) is 18.4 Å². The van der Waals surface area contributed by atoms with Gasteiger partial charge in [0.1, 0.15) is 6.61 Å². The van der Waals surface area contributed by atoms with Crippen molar-refractivity contribution in [2.75, 3.05) is 6.61 Å². The maximum absolute atomic E-state index is 10.3. The first-order chi connectivity index (χ1) is 3.84. The molecule has 1 heteroatoms. The van der Waals surface area contributed by atoms with Crippen molar-refractivity contribution in [3.05, 3.63) is 11.1 Å². The lowest BCUT2D eigenvalue weighted by molar-refractivity contribution is 0.220. The van der Waals surface area contributed by atoms with E-state index < -0.39 is 0 Å². The minimum atomic E-state index is 0.0336. The molecule has 0 saturated carbocycles. The van der Waals surface area contributed by atoms with Crippen LogP contribution in [0.3, 0.4) is 0 Å². The fraction of sp³-hybridized carbons (Fsp3) is 0.714. The van der Waals surface area contributed by atoms with Crippen molar-refractivity contribution in [3.63, 3.8) is 0 Å². The summed E-state index contributed by atoms with van der Waals surface area (Å²) in [4.78, 5) is 0. The van der Waals surface area contributed by atoms with Crippen molar-refractivity contribution in [3.8, 4) is 0 Å². The Bertz CT molecular complexity index is 114. The van der Waals surface area contributed by atoms with Gasteiger partial charge in [0.2, 0.25) is 0 Å². The average molecular weight is 111 g/mol. The van der Waals surface area contributed by atoms with E-state index in [1.807, 2.05) is 0 Å². The highest BCUT2D eigenvalue weighted by Gasteiger charge is 2.08. The van der Waals surface area contributed by atoms with Gasteiger partial charge in [-0.2, -0.15) is 0 Å². The molecular weight excluding hydrogens is 100 g/mol. The van der Waals surface area contributed by atoms with E-state index in [2.05, 4.69) is 6.92 Å². The highest BCUT2D eigenvalue weighted by molar-refractivity contribution is 5.17. The monoisotopic (exact) mass is 111 g/mol. The summed E-state index contributed by atoms with van der Waals surface area (Å²) in [6.07, 6.45) is 3.44. The van der Waals surface area contributed by atoms with Crippen LogP contribution in [-0.2, 0) is 5.11 Å². The van der Waals surface area contributed by atoms with Gasteiger partial charge in [-0.15, -0.1) is 0 Å². The summed E-state index contributed by atoms with van der Waals surface area (Å²) in [5, 5.41) is 10.3. The van der Waals surface area contributed by atoms with Crippen LogP contribution in [0.4, 0.5) is 0 Å². The number of hydrogen-bond acceptors (Lipinski definition) is 0. The second-order valence-electron chi connectivity index (χ2n) is 2.38. The van der Waals surface area contributed by atoms with E-state index in [4.69, 9.17) is 0 Å². The molecule has 0 aromatic rings. The van der Waals surface area contributed by atoms with E-state index >= 15 is 0 Å². The smallest absolute Gasteiger partial charge is 0.104 e. The molecule has 1 aliphatic rings. The molecule has 0 atom stereocenters. The fourth-order valence-corrected chi connectivity index (χ4v) is 1.15. The van der Waals surface area contributed by atoms with Gasteiger partial charge in [-0.1, -0.05) is 5.57 Å². The molecule has 0 spiro atoms. The molecule has 0 fully saturated rings. The molecule has 0 bridgehead atoms. The van der Waals surface area contributed by atoms with Crippen molar-refractivity contribution < 1.29 is 5.11 Å². The zero-order valence-electron chi connectivity index (χ0n) is 5.24. The Kier molecular flexibility index (Phi) is 1.69. The largest absolute Gasteiger partial charge is 0.232 e. The van der Waals surface area contributed by atoms with Crippen LogP contribution in [0.15, 0.2) is 11.1 Å². The van der Waals surface area contributed by atoms with Gasteiger partial charge in [-0.3, -0.25) is 0 Å².